The summed E-state index contributed by atoms with van der Waals surface area (Å²) in [7, 11) is 0. The molecule has 2 rings (SSSR count). The molecule has 12 nitrogen and oxygen atoms in total. The SMILES string of the molecule is CC(=O)N1CCCC1C(=O)NC(Cc1ccccc1)C(=O)NCCCOCCOCCOCCCNC(=O)CCC=O. The van der Waals surface area contributed by atoms with Gasteiger partial charge in [0.15, 0.2) is 0 Å². The van der Waals surface area contributed by atoms with Crippen LogP contribution in [0.25, 0.3) is 0 Å². The van der Waals surface area contributed by atoms with Crippen LogP contribution < -0.4 is 16.0 Å². The van der Waals surface area contributed by atoms with Crippen LogP contribution in [0.3, 0.4) is 0 Å². The van der Waals surface area contributed by atoms with E-state index < -0.39 is 12.1 Å². The van der Waals surface area contributed by atoms with Crippen molar-refractivity contribution in [3.05, 3.63) is 35.9 Å². The van der Waals surface area contributed by atoms with Gasteiger partial charge in [0.2, 0.25) is 23.6 Å². The molecule has 4 amide bonds. The fraction of sp³-hybridized carbons (Fsp3) is 0.633. The van der Waals surface area contributed by atoms with Gasteiger partial charge in [-0.1, -0.05) is 30.3 Å². The Labute approximate surface area is 248 Å². The lowest BCUT2D eigenvalue weighted by Gasteiger charge is -2.25. The number of aldehydes is 1. The van der Waals surface area contributed by atoms with Gasteiger partial charge < -0.3 is 39.9 Å². The number of hydrogen-bond acceptors (Lipinski definition) is 8. The molecule has 2 unspecified atom stereocenters. The van der Waals surface area contributed by atoms with E-state index in [4.69, 9.17) is 14.2 Å². The van der Waals surface area contributed by atoms with Crippen LogP contribution in [0.2, 0.25) is 0 Å². The molecule has 0 bridgehead atoms. The van der Waals surface area contributed by atoms with Crippen molar-refractivity contribution in [2.75, 3.05) is 59.3 Å². The summed E-state index contributed by atoms with van der Waals surface area (Å²) in [4.78, 5) is 61.0. The van der Waals surface area contributed by atoms with Crippen LogP contribution in [-0.4, -0.2) is 106 Å². The molecule has 1 aliphatic rings. The van der Waals surface area contributed by atoms with Crippen molar-refractivity contribution in [3.8, 4) is 0 Å². The van der Waals surface area contributed by atoms with Gasteiger partial charge in [-0.05, 0) is 31.2 Å². The van der Waals surface area contributed by atoms with Crippen LogP contribution >= 0.6 is 0 Å². The normalized spacial score (nSPS) is 15.2. The fourth-order valence-electron chi connectivity index (χ4n) is 4.47. The second-order valence-corrected chi connectivity index (χ2v) is 10.0. The lowest BCUT2D eigenvalue weighted by molar-refractivity contribution is -0.138. The molecular formula is C30H46N4O8. The highest BCUT2D eigenvalue weighted by atomic mass is 16.5. The maximum atomic E-state index is 13.0. The minimum atomic E-state index is -0.752. The second kappa shape index (κ2) is 21.4. The van der Waals surface area contributed by atoms with Crippen molar-refractivity contribution in [3.63, 3.8) is 0 Å². The molecule has 0 radical (unpaired) electrons. The van der Waals surface area contributed by atoms with Gasteiger partial charge in [-0.25, -0.2) is 0 Å². The highest BCUT2D eigenvalue weighted by molar-refractivity contribution is 5.92. The van der Waals surface area contributed by atoms with Gasteiger partial charge >= 0.3 is 0 Å². The summed E-state index contributed by atoms with van der Waals surface area (Å²) < 4.78 is 16.5. The summed E-state index contributed by atoms with van der Waals surface area (Å²) in [5, 5.41) is 8.49. The van der Waals surface area contributed by atoms with Gasteiger partial charge in [-0.3, -0.25) is 19.2 Å². The van der Waals surface area contributed by atoms with Gasteiger partial charge in [0.1, 0.15) is 18.4 Å². The van der Waals surface area contributed by atoms with Crippen LogP contribution in [0.5, 0.6) is 0 Å². The Bertz CT molecular complexity index is 962. The molecule has 1 saturated heterocycles. The standard InChI is InChI=1S/C30H46N4O8/c1-24(36)34-15-5-11-27(34)30(39)33-26(23-25-9-3-2-4-10-25)29(38)32-14-8-18-41-20-22-42-21-19-40-17-7-13-31-28(37)12-6-16-35/h2-4,9-10,16,26-27H,5-8,11-15,17-23H2,1H3,(H,31,37)(H,32,38)(H,33,39). The Morgan fingerprint density at radius 3 is 2.17 bits per heavy atom. The van der Waals surface area contributed by atoms with E-state index in [0.29, 0.717) is 85.0 Å². The van der Waals surface area contributed by atoms with Crippen LogP contribution in [0, 0.1) is 0 Å². The van der Waals surface area contributed by atoms with Crippen LogP contribution in [-0.2, 0) is 44.6 Å². The largest absolute Gasteiger partial charge is 0.379 e. The summed E-state index contributed by atoms with van der Waals surface area (Å²) in [6.07, 6.45) is 4.17. The molecule has 42 heavy (non-hydrogen) atoms. The monoisotopic (exact) mass is 590 g/mol. The second-order valence-electron chi connectivity index (χ2n) is 10.0. The third-order valence-corrected chi connectivity index (χ3v) is 6.66. The molecule has 1 fully saturated rings. The predicted molar refractivity (Wildman–Crippen MR) is 155 cm³/mol. The maximum Gasteiger partial charge on any atom is 0.243 e. The van der Waals surface area contributed by atoms with Gasteiger partial charge in [0.25, 0.3) is 0 Å². The van der Waals surface area contributed by atoms with Crippen molar-refractivity contribution in [1.29, 1.82) is 0 Å². The molecule has 1 heterocycles. The topological polar surface area (TPSA) is 152 Å². The Balaban J connectivity index is 1.55. The summed E-state index contributed by atoms with van der Waals surface area (Å²) in [6, 6.07) is 8.20. The number of ether oxygens (including phenoxy) is 3. The van der Waals surface area contributed by atoms with Gasteiger partial charge in [0, 0.05) is 59.0 Å². The first kappa shape index (κ1) is 34.8. The van der Waals surface area contributed by atoms with Crippen molar-refractivity contribution in [2.24, 2.45) is 0 Å². The number of carbonyl (C=O) groups is 5. The maximum absolute atomic E-state index is 13.0. The highest BCUT2D eigenvalue weighted by Crippen LogP contribution is 2.18. The molecule has 1 aromatic carbocycles. The molecular weight excluding hydrogens is 544 g/mol. The van der Waals surface area contributed by atoms with E-state index >= 15 is 0 Å². The highest BCUT2D eigenvalue weighted by Gasteiger charge is 2.34. The first-order chi connectivity index (χ1) is 20.4. The smallest absolute Gasteiger partial charge is 0.243 e. The van der Waals surface area contributed by atoms with Crippen molar-refractivity contribution in [1.82, 2.24) is 20.9 Å². The molecule has 3 N–H and O–H groups in total. The van der Waals surface area contributed by atoms with E-state index in [1.807, 2.05) is 30.3 Å². The van der Waals surface area contributed by atoms with Crippen LogP contribution in [0.4, 0.5) is 0 Å². The first-order valence-electron chi connectivity index (χ1n) is 14.7. The number of carbonyl (C=O) groups excluding carboxylic acids is 5. The molecule has 0 saturated carbocycles. The number of benzene rings is 1. The average Bonchev–Trinajstić information content (AvgIpc) is 3.49. The summed E-state index contributed by atoms with van der Waals surface area (Å²) in [5.41, 5.74) is 0.928. The Kier molecular flexibility index (Phi) is 17.7. The number of nitrogens with zero attached hydrogens (tertiary/aromatic N) is 1. The van der Waals surface area contributed by atoms with Crippen molar-refractivity contribution in [2.45, 2.75) is 64.0 Å². The van der Waals surface area contributed by atoms with Gasteiger partial charge in [-0.2, -0.15) is 0 Å². The number of amides is 4. The summed E-state index contributed by atoms with van der Waals surface area (Å²) >= 11 is 0. The van der Waals surface area contributed by atoms with Crippen LogP contribution in [0.1, 0.15) is 51.0 Å². The summed E-state index contributed by atoms with van der Waals surface area (Å²) in [5.74, 6) is -0.851. The predicted octanol–water partition coefficient (Wildman–Crippen LogP) is 0.766. The van der Waals surface area contributed by atoms with Gasteiger partial charge in [-0.15, -0.1) is 0 Å². The lowest BCUT2D eigenvalue weighted by Crippen LogP contribution is -2.53. The van der Waals surface area contributed by atoms with Crippen LogP contribution in [0.15, 0.2) is 30.3 Å². The molecule has 0 aliphatic carbocycles. The lowest BCUT2D eigenvalue weighted by atomic mass is 10.0. The Hall–Kier alpha value is -3.35. The van der Waals surface area contributed by atoms with E-state index in [1.165, 1.54) is 6.92 Å². The third kappa shape index (κ3) is 14.5. The minimum absolute atomic E-state index is 0.133. The molecule has 1 aromatic rings. The molecule has 12 heteroatoms. The molecule has 234 valence electrons. The zero-order chi connectivity index (χ0) is 30.4. The van der Waals surface area contributed by atoms with E-state index in [0.717, 1.165) is 18.3 Å². The van der Waals surface area contributed by atoms with Crippen molar-refractivity contribution < 1.29 is 38.2 Å². The Morgan fingerprint density at radius 2 is 1.55 bits per heavy atom. The fourth-order valence-corrected chi connectivity index (χ4v) is 4.47. The first-order valence-corrected chi connectivity index (χ1v) is 14.7. The quantitative estimate of drug-likeness (QED) is 0.132. The number of nitrogens with one attached hydrogen (secondary N) is 3. The molecule has 0 spiro atoms. The molecule has 1 aliphatic heterocycles. The molecule has 2 atom stereocenters. The summed E-state index contributed by atoms with van der Waals surface area (Å²) in [6.45, 7) is 5.59. The van der Waals surface area contributed by atoms with E-state index in [1.54, 1.807) is 4.90 Å². The van der Waals surface area contributed by atoms with Crippen molar-refractivity contribution >= 4 is 29.9 Å². The number of hydrogen-bond donors (Lipinski definition) is 3. The van der Waals surface area contributed by atoms with E-state index in [9.17, 15) is 24.0 Å². The zero-order valence-corrected chi connectivity index (χ0v) is 24.6. The zero-order valence-electron chi connectivity index (χ0n) is 24.6. The Morgan fingerprint density at radius 1 is 0.929 bits per heavy atom. The van der Waals surface area contributed by atoms with E-state index in [2.05, 4.69) is 16.0 Å². The third-order valence-electron chi connectivity index (χ3n) is 6.66. The molecule has 0 aromatic heterocycles. The van der Waals surface area contributed by atoms with Gasteiger partial charge in [0.05, 0.1) is 26.4 Å². The van der Waals surface area contributed by atoms with E-state index in [-0.39, 0.29) is 36.5 Å². The number of likely N-dealkylation sites (tertiary alicyclic amines) is 1. The average molecular weight is 591 g/mol. The number of rotatable bonds is 22. The minimum Gasteiger partial charge on any atom is -0.379 e.